The van der Waals surface area contributed by atoms with Crippen molar-refractivity contribution in [2.75, 3.05) is 13.4 Å². The Morgan fingerprint density at radius 1 is 1.13 bits per heavy atom. The highest BCUT2D eigenvalue weighted by Crippen LogP contribution is 2.25. The molecule has 0 bridgehead atoms. The molecule has 0 radical (unpaired) electrons. The molecule has 0 aliphatic heterocycles. The van der Waals surface area contributed by atoms with Gasteiger partial charge < -0.3 is 14.5 Å². The molecule has 0 atom stereocenters. The molecule has 2 aromatic carbocycles. The van der Waals surface area contributed by atoms with E-state index >= 15 is 0 Å². The molecule has 4 aromatic rings. The molecule has 0 unspecified atom stereocenters. The Balaban J connectivity index is 1.54. The second-order valence-electron chi connectivity index (χ2n) is 6.72. The summed E-state index contributed by atoms with van der Waals surface area (Å²) in [7, 11) is 1.65. The molecule has 30 heavy (non-hydrogen) atoms. The monoisotopic (exact) mass is 419 g/mol. The minimum Gasteiger partial charge on any atom is -0.497 e. The lowest BCUT2D eigenvalue weighted by atomic mass is 10.1. The van der Waals surface area contributed by atoms with E-state index < -0.39 is 0 Å². The van der Waals surface area contributed by atoms with Crippen molar-refractivity contribution in [2.45, 2.75) is 18.5 Å². The van der Waals surface area contributed by atoms with Crippen molar-refractivity contribution >= 4 is 28.4 Å². The Kier molecular flexibility index (Phi) is 5.72. The molecule has 0 spiro atoms. The van der Waals surface area contributed by atoms with Crippen molar-refractivity contribution in [3.8, 4) is 17.3 Å². The van der Waals surface area contributed by atoms with Crippen LogP contribution in [0.1, 0.15) is 21.6 Å². The van der Waals surface area contributed by atoms with Gasteiger partial charge in [0.1, 0.15) is 10.8 Å². The maximum absolute atomic E-state index is 12.9. The lowest BCUT2D eigenvalue weighted by Crippen LogP contribution is -2.25. The highest BCUT2D eigenvalue weighted by Gasteiger charge is 2.19. The van der Waals surface area contributed by atoms with E-state index in [-0.39, 0.29) is 5.91 Å². The van der Waals surface area contributed by atoms with Gasteiger partial charge in [-0.3, -0.25) is 4.79 Å². The fourth-order valence-corrected chi connectivity index (χ4v) is 3.87. The molecule has 0 saturated heterocycles. The fraction of sp³-hybridized carbons (Fsp3) is 0.174. The number of aromatic nitrogens is 2. The Morgan fingerprint density at radius 3 is 2.67 bits per heavy atom. The summed E-state index contributed by atoms with van der Waals surface area (Å²) >= 11 is 1.41. The molecule has 0 saturated carbocycles. The standard InChI is InChI=1S/C23H21N3O3S/c1-14-20(23(30-3)26-21(25-14)19-5-4-10-29-19)22(27)24-13-15-6-7-17-12-18(28-2)9-8-16(17)11-15/h4-12H,13H2,1-3H3,(H,24,27). The van der Waals surface area contributed by atoms with Gasteiger partial charge in [-0.05, 0) is 59.8 Å². The summed E-state index contributed by atoms with van der Waals surface area (Å²) in [5.74, 6) is 1.68. The quantitative estimate of drug-likeness (QED) is 0.355. The zero-order valence-corrected chi connectivity index (χ0v) is 17.7. The Morgan fingerprint density at radius 2 is 1.93 bits per heavy atom. The number of ether oxygens (including phenoxy) is 1. The number of rotatable bonds is 6. The zero-order valence-electron chi connectivity index (χ0n) is 16.9. The maximum Gasteiger partial charge on any atom is 0.256 e. The number of carbonyl (C=O) groups excluding carboxylic acids is 1. The van der Waals surface area contributed by atoms with E-state index in [1.54, 1.807) is 25.5 Å². The highest BCUT2D eigenvalue weighted by molar-refractivity contribution is 7.98. The Labute approximate surface area is 178 Å². The number of fused-ring (bicyclic) bond motifs is 1. The van der Waals surface area contributed by atoms with Crippen LogP contribution in [-0.4, -0.2) is 29.2 Å². The number of carbonyl (C=O) groups is 1. The van der Waals surface area contributed by atoms with Gasteiger partial charge in [-0.15, -0.1) is 11.8 Å². The van der Waals surface area contributed by atoms with Crippen LogP contribution in [0, 0.1) is 6.92 Å². The molecule has 2 aromatic heterocycles. The van der Waals surface area contributed by atoms with Crippen molar-refractivity contribution in [2.24, 2.45) is 0 Å². The highest BCUT2D eigenvalue weighted by atomic mass is 32.2. The van der Waals surface area contributed by atoms with Crippen molar-refractivity contribution in [3.63, 3.8) is 0 Å². The number of hydrogen-bond donors (Lipinski definition) is 1. The SMILES string of the molecule is COc1ccc2cc(CNC(=O)c3c(C)nc(-c4ccco4)nc3SC)ccc2c1. The van der Waals surface area contributed by atoms with Crippen LogP contribution in [0.15, 0.2) is 64.2 Å². The average Bonchev–Trinajstić information content (AvgIpc) is 3.31. The van der Waals surface area contributed by atoms with Gasteiger partial charge in [0.15, 0.2) is 11.6 Å². The summed E-state index contributed by atoms with van der Waals surface area (Å²) in [5, 5.41) is 5.80. The predicted molar refractivity (Wildman–Crippen MR) is 118 cm³/mol. The molecule has 7 heteroatoms. The van der Waals surface area contributed by atoms with Crippen LogP contribution in [0.5, 0.6) is 5.75 Å². The van der Waals surface area contributed by atoms with Crippen molar-refractivity contribution in [1.82, 2.24) is 15.3 Å². The molecular formula is C23H21N3O3S. The first kappa shape index (κ1) is 20.0. The number of aryl methyl sites for hydroxylation is 1. The van der Waals surface area contributed by atoms with E-state index in [9.17, 15) is 4.79 Å². The van der Waals surface area contributed by atoms with Crippen LogP contribution < -0.4 is 10.1 Å². The van der Waals surface area contributed by atoms with Gasteiger partial charge in [-0.1, -0.05) is 18.2 Å². The van der Waals surface area contributed by atoms with Gasteiger partial charge in [0, 0.05) is 6.54 Å². The van der Waals surface area contributed by atoms with E-state index in [0.717, 1.165) is 22.1 Å². The summed E-state index contributed by atoms with van der Waals surface area (Å²) in [5.41, 5.74) is 2.12. The van der Waals surface area contributed by atoms with Crippen LogP contribution in [0.25, 0.3) is 22.4 Å². The summed E-state index contributed by atoms with van der Waals surface area (Å²) in [6, 6.07) is 15.6. The second-order valence-corrected chi connectivity index (χ2v) is 7.52. The summed E-state index contributed by atoms with van der Waals surface area (Å²) in [4.78, 5) is 21.9. The minimum atomic E-state index is -0.197. The first-order chi connectivity index (χ1) is 14.6. The van der Waals surface area contributed by atoms with E-state index in [0.29, 0.717) is 34.4 Å². The zero-order chi connectivity index (χ0) is 21.1. The van der Waals surface area contributed by atoms with Crippen molar-refractivity contribution in [1.29, 1.82) is 0 Å². The molecule has 152 valence electrons. The molecule has 6 nitrogen and oxygen atoms in total. The Hall–Kier alpha value is -3.32. The number of amides is 1. The van der Waals surface area contributed by atoms with Crippen LogP contribution >= 0.6 is 11.8 Å². The third-order valence-corrected chi connectivity index (χ3v) is 5.47. The summed E-state index contributed by atoms with van der Waals surface area (Å²) in [6.07, 6.45) is 3.47. The third kappa shape index (κ3) is 4.02. The molecule has 4 rings (SSSR count). The average molecular weight is 420 g/mol. The number of hydrogen-bond acceptors (Lipinski definition) is 6. The largest absolute Gasteiger partial charge is 0.497 e. The van der Waals surface area contributed by atoms with Crippen molar-refractivity contribution in [3.05, 3.63) is 71.6 Å². The van der Waals surface area contributed by atoms with Gasteiger partial charge in [-0.25, -0.2) is 9.97 Å². The summed E-state index contributed by atoms with van der Waals surface area (Å²) in [6.45, 7) is 2.22. The van der Waals surface area contributed by atoms with E-state index in [4.69, 9.17) is 9.15 Å². The smallest absolute Gasteiger partial charge is 0.256 e. The van der Waals surface area contributed by atoms with E-state index in [1.165, 1.54) is 11.8 Å². The first-order valence-corrected chi connectivity index (χ1v) is 10.6. The number of nitrogens with one attached hydrogen (secondary N) is 1. The molecule has 0 aliphatic rings. The molecule has 0 fully saturated rings. The first-order valence-electron chi connectivity index (χ1n) is 9.40. The molecule has 0 aliphatic carbocycles. The number of nitrogens with zero attached hydrogens (tertiary/aromatic N) is 2. The van der Waals surface area contributed by atoms with E-state index in [1.807, 2.05) is 43.5 Å². The molecule has 1 N–H and O–H groups in total. The third-order valence-electron chi connectivity index (χ3n) is 4.78. The van der Waals surface area contributed by atoms with Gasteiger partial charge in [0.05, 0.1) is 24.6 Å². The predicted octanol–water partition coefficient (Wildman–Crippen LogP) is 4.86. The van der Waals surface area contributed by atoms with Crippen LogP contribution in [0.2, 0.25) is 0 Å². The Bertz CT molecular complexity index is 1210. The van der Waals surface area contributed by atoms with Gasteiger partial charge in [0.2, 0.25) is 0 Å². The molecule has 1 amide bonds. The van der Waals surface area contributed by atoms with E-state index in [2.05, 4.69) is 21.4 Å². The van der Waals surface area contributed by atoms with Crippen LogP contribution in [0.3, 0.4) is 0 Å². The maximum atomic E-state index is 12.9. The number of benzene rings is 2. The fourth-order valence-electron chi connectivity index (χ4n) is 3.25. The van der Waals surface area contributed by atoms with Crippen LogP contribution in [-0.2, 0) is 6.54 Å². The topological polar surface area (TPSA) is 77.2 Å². The van der Waals surface area contributed by atoms with Crippen LogP contribution in [0.4, 0.5) is 0 Å². The molecule has 2 heterocycles. The number of furan rings is 1. The van der Waals surface area contributed by atoms with Gasteiger partial charge in [-0.2, -0.15) is 0 Å². The minimum absolute atomic E-state index is 0.197. The lowest BCUT2D eigenvalue weighted by Gasteiger charge is -2.12. The second kappa shape index (κ2) is 8.59. The van der Waals surface area contributed by atoms with Gasteiger partial charge >= 0.3 is 0 Å². The number of methoxy groups -OCH3 is 1. The summed E-state index contributed by atoms with van der Waals surface area (Å²) < 4.78 is 10.7. The normalized spacial score (nSPS) is 10.9. The van der Waals surface area contributed by atoms with Gasteiger partial charge in [0.25, 0.3) is 5.91 Å². The lowest BCUT2D eigenvalue weighted by molar-refractivity contribution is 0.0946. The molecular weight excluding hydrogens is 398 g/mol. The number of thioether (sulfide) groups is 1. The van der Waals surface area contributed by atoms with Crippen molar-refractivity contribution < 1.29 is 13.9 Å².